The normalized spacial score (nSPS) is 17.4. The maximum absolute atomic E-state index is 12.4. The summed E-state index contributed by atoms with van der Waals surface area (Å²) < 4.78 is 10.6. The Hall–Kier alpha value is -1.88. The maximum Gasteiger partial charge on any atom is 0.222 e. The quantitative estimate of drug-likeness (QED) is 0.643. The molecule has 1 saturated heterocycles. The fourth-order valence-electron chi connectivity index (χ4n) is 3.19. The van der Waals surface area contributed by atoms with E-state index in [2.05, 4.69) is 0 Å². The number of carbonyl (C=O) groups excluding carboxylic acids is 2. The minimum atomic E-state index is 0.0725. The molecule has 2 rings (SSSR count). The highest BCUT2D eigenvalue weighted by molar-refractivity contribution is 5.96. The highest BCUT2D eigenvalue weighted by Crippen LogP contribution is 2.19. The van der Waals surface area contributed by atoms with Gasteiger partial charge in [-0.25, -0.2) is 0 Å². The standard InChI is InChI=1S/C20H29NO4/c1-3-25-15-16-6-5-13-21(14-16)20(23)8-4-7-19(22)17-9-11-18(24-2)12-10-17/h9-12,16H,3-8,13-15H2,1-2H3. The minimum Gasteiger partial charge on any atom is -0.497 e. The molecule has 138 valence electrons. The molecule has 0 radical (unpaired) electrons. The number of carbonyl (C=O) groups is 2. The lowest BCUT2D eigenvalue weighted by Gasteiger charge is -2.32. The van der Waals surface area contributed by atoms with Crippen molar-refractivity contribution in [2.24, 2.45) is 5.92 Å². The summed E-state index contributed by atoms with van der Waals surface area (Å²) in [6, 6.07) is 7.10. The number of ether oxygens (including phenoxy) is 2. The Kier molecular flexibility index (Phi) is 7.92. The Balaban J connectivity index is 1.72. The fraction of sp³-hybridized carbons (Fsp3) is 0.600. The van der Waals surface area contributed by atoms with Gasteiger partial charge in [-0.15, -0.1) is 0 Å². The molecule has 0 aliphatic carbocycles. The van der Waals surface area contributed by atoms with Gasteiger partial charge in [0.05, 0.1) is 13.7 Å². The third-order valence-corrected chi connectivity index (χ3v) is 4.64. The van der Waals surface area contributed by atoms with Crippen molar-refractivity contribution in [2.45, 2.75) is 39.0 Å². The van der Waals surface area contributed by atoms with Crippen molar-refractivity contribution in [1.82, 2.24) is 4.90 Å². The van der Waals surface area contributed by atoms with Crippen LogP contribution in [0.15, 0.2) is 24.3 Å². The summed E-state index contributed by atoms with van der Waals surface area (Å²) in [7, 11) is 1.60. The zero-order chi connectivity index (χ0) is 18.1. The van der Waals surface area contributed by atoms with Crippen LogP contribution in [0, 0.1) is 5.92 Å². The number of likely N-dealkylation sites (tertiary alicyclic amines) is 1. The van der Waals surface area contributed by atoms with Crippen LogP contribution in [-0.4, -0.2) is 50.0 Å². The molecule has 1 aromatic rings. The third kappa shape index (κ3) is 6.16. The number of amides is 1. The zero-order valence-corrected chi connectivity index (χ0v) is 15.3. The van der Waals surface area contributed by atoms with Crippen LogP contribution in [0.1, 0.15) is 49.4 Å². The first kappa shape index (κ1) is 19.4. The van der Waals surface area contributed by atoms with Gasteiger partial charge in [0.25, 0.3) is 0 Å². The second kappa shape index (κ2) is 10.2. The molecule has 1 unspecified atom stereocenters. The van der Waals surface area contributed by atoms with Crippen LogP contribution in [0.4, 0.5) is 0 Å². The molecule has 5 heteroatoms. The molecule has 0 saturated carbocycles. The van der Waals surface area contributed by atoms with Crippen LogP contribution in [0.2, 0.25) is 0 Å². The summed E-state index contributed by atoms with van der Waals surface area (Å²) >= 11 is 0. The van der Waals surface area contributed by atoms with Crippen LogP contribution in [-0.2, 0) is 9.53 Å². The van der Waals surface area contributed by atoms with Gasteiger partial charge in [0.15, 0.2) is 5.78 Å². The van der Waals surface area contributed by atoms with Gasteiger partial charge in [-0.05, 0) is 56.4 Å². The molecule has 1 aromatic carbocycles. The predicted octanol–water partition coefficient (Wildman–Crippen LogP) is 3.32. The maximum atomic E-state index is 12.4. The van der Waals surface area contributed by atoms with E-state index in [1.54, 1.807) is 31.4 Å². The summed E-state index contributed by atoms with van der Waals surface area (Å²) in [5.41, 5.74) is 0.669. The molecule has 0 spiro atoms. The van der Waals surface area contributed by atoms with Crippen molar-refractivity contribution in [1.29, 1.82) is 0 Å². The number of nitrogens with zero attached hydrogens (tertiary/aromatic N) is 1. The summed E-state index contributed by atoms with van der Waals surface area (Å²) in [6.07, 6.45) is 3.59. The van der Waals surface area contributed by atoms with E-state index >= 15 is 0 Å². The average Bonchev–Trinajstić information content (AvgIpc) is 2.66. The van der Waals surface area contributed by atoms with Crippen LogP contribution in [0.5, 0.6) is 5.75 Å². The molecule has 1 heterocycles. The van der Waals surface area contributed by atoms with Crippen molar-refractivity contribution >= 4 is 11.7 Å². The number of hydrogen-bond acceptors (Lipinski definition) is 4. The van der Waals surface area contributed by atoms with E-state index in [4.69, 9.17) is 9.47 Å². The van der Waals surface area contributed by atoms with Crippen LogP contribution in [0.25, 0.3) is 0 Å². The smallest absolute Gasteiger partial charge is 0.222 e. The third-order valence-electron chi connectivity index (χ3n) is 4.64. The molecule has 1 atom stereocenters. The van der Waals surface area contributed by atoms with Crippen molar-refractivity contribution in [3.63, 3.8) is 0 Å². The lowest BCUT2D eigenvalue weighted by molar-refractivity contribution is -0.133. The Morgan fingerprint density at radius 2 is 1.96 bits per heavy atom. The summed E-state index contributed by atoms with van der Waals surface area (Å²) in [5, 5.41) is 0. The van der Waals surface area contributed by atoms with Crippen LogP contribution in [0.3, 0.4) is 0 Å². The first-order valence-corrected chi connectivity index (χ1v) is 9.16. The van der Waals surface area contributed by atoms with E-state index in [1.165, 1.54) is 0 Å². The summed E-state index contributed by atoms with van der Waals surface area (Å²) in [6.45, 7) is 5.05. The van der Waals surface area contributed by atoms with E-state index in [1.807, 2.05) is 11.8 Å². The Bertz CT molecular complexity index is 555. The molecule has 1 aliphatic heterocycles. The van der Waals surface area contributed by atoms with Gasteiger partial charge in [-0.1, -0.05) is 0 Å². The molecule has 0 aromatic heterocycles. The van der Waals surface area contributed by atoms with Gasteiger partial charge in [-0.2, -0.15) is 0 Å². The summed E-state index contributed by atoms with van der Waals surface area (Å²) in [5.74, 6) is 1.41. The zero-order valence-electron chi connectivity index (χ0n) is 15.3. The molecule has 1 amide bonds. The number of ketones is 1. The number of Topliss-reactive ketones (excluding diaryl/α,β-unsaturated/α-hetero) is 1. The number of rotatable bonds is 9. The van der Waals surface area contributed by atoms with Crippen molar-refractivity contribution in [3.8, 4) is 5.75 Å². The average molecular weight is 347 g/mol. The largest absolute Gasteiger partial charge is 0.497 e. The van der Waals surface area contributed by atoms with E-state index < -0.39 is 0 Å². The molecular weight excluding hydrogens is 318 g/mol. The number of methoxy groups -OCH3 is 1. The second-order valence-electron chi connectivity index (χ2n) is 6.51. The Morgan fingerprint density at radius 3 is 2.64 bits per heavy atom. The first-order chi connectivity index (χ1) is 12.1. The Morgan fingerprint density at radius 1 is 1.20 bits per heavy atom. The SMILES string of the molecule is CCOCC1CCCN(C(=O)CCCC(=O)c2ccc(OC)cc2)C1. The highest BCUT2D eigenvalue weighted by atomic mass is 16.5. The molecule has 0 N–H and O–H groups in total. The minimum absolute atomic E-state index is 0.0725. The lowest BCUT2D eigenvalue weighted by atomic mass is 9.98. The lowest BCUT2D eigenvalue weighted by Crippen LogP contribution is -2.41. The van der Waals surface area contributed by atoms with E-state index in [9.17, 15) is 9.59 Å². The molecule has 5 nitrogen and oxygen atoms in total. The topological polar surface area (TPSA) is 55.8 Å². The van der Waals surface area contributed by atoms with E-state index in [-0.39, 0.29) is 11.7 Å². The van der Waals surface area contributed by atoms with Crippen molar-refractivity contribution < 1.29 is 19.1 Å². The molecule has 1 fully saturated rings. The van der Waals surface area contributed by atoms with Crippen molar-refractivity contribution in [3.05, 3.63) is 29.8 Å². The van der Waals surface area contributed by atoms with Gasteiger partial charge in [0.2, 0.25) is 5.91 Å². The Labute approximate surface area is 150 Å². The second-order valence-corrected chi connectivity index (χ2v) is 6.51. The van der Waals surface area contributed by atoms with Gasteiger partial charge >= 0.3 is 0 Å². The van der Waals surface area contributed by atoms with Crippen LogP contribution < -0.4 is 4.74 Å². The van der Waals surface area contributed by atoms with Crippen LogP contribution >= 0.6 is 0 Å². The van der Waals surface area contributed by atoms with Gasteiger partial charge < -0.3 is 14.4 Å². The number of hydrogen-bond donors (Lipinski definition) is 0. The van der Waals surface area contributed by atoms with E-state index in [0.717, 1.165) is 44.9 Å². The van der Waals surface area contributed by atoms with Crippen molar-refractivity contribution in [2.75, 3.05) is 33.4 Å². The first-order valence-electron chi connectivity index (χ1n) is 9.16. The number of benzene rings is 1. The monoisotopic (exact) mass is 347 g/mol. The molecular formula is C20H29NO4. The molecule has 1 aliphatic rings. The van der Waals surface area contributed by atoms with Gasteiger partial charge in [0.1, 0.15) is 5.75 Å². The predicted molar refractivity (Wildman–Crippen MR) is 97.0 cm³/mol. The van der Waals surface area contributed by atoms with E-state index in [0.29, 0.717) is 30.7 Å². The summed E-state index contributed by atoms with van der Waals surface area (Å²) in [4.78, 5) is 26.5. The molecule has 25 heavy (non-hydrogen) atoms. The highest BCUT2D eigenvalue weighted by Gasteiger charge is 2.23. The molecule has 0 bridgehead atoms. The van der Waals surface area contributed by atoms with Gasteiger partial charge in [-0.3, -0.25) is 9.59 Å². The fourth-order valence-corrected chi connectivity index (χ4v) is 3.19. The number of piperidine rings is 1. The van der Waals surface area contributed by atoms with Gasteiger partial charge in [0, 0.05) is 38.1 Å².